The molecule has 1 aromatic rings. The van der Waals surface area contributed by atoms with Crippen molar-refractivity contribution in [3.05, 3.63) is 23.9 Å². The fourth-order valence-electron chi connectivity index (χ4n) is 3.82. The molecule has 0 atom stereocenters. The zero-order valence-corrected chi connectivity index (χ0v) is 19.3. The van der Waals surface area contributed by atoms with Crippen molar-refractivity contribution in [2.75, 3.05) is 77.6 Å². The number of ether oxygens (including phenoxy) is 2. The Kier molecular flexibility index (Phi) is 10.3. The third kappa shape index (κ3) is 8.63. The molecule has 2 aliphatic heterocycles. The Morgan fingerprint density at radius 2 is 2.03 bits per heavy atom. The third-order valence-corrected chi connectivity index (χ3v) is 5.85. The van der Waals surface area contributed by atoms with Gasteiger partial charge >= 0.3 is 0 Å². The molecule has 1 aromatic heterocycles. The SMILES string of the molecule is CCNC(=NCc1ccnc(N2CCN(C)CC2)c1)NCCCOCC1CCOCC1. The first-order chi connectivity index (χ1) is 15.2. The number of aromatic nitrogens is 1. The van der Waals surface area contributed by atoms with Crippen molar-refractivity contribution in [2.24, 2.45) is 10.9 Å². The van der Waals surface area contributed by atoms with Crippen LogP contribution in [-0.2, 0) is 16.0 Å². The molecule has 0 saturated carbocycles. The monoisotopic (exact) mass is 432 g/mol. The highest BCUT2D eigenvalue weighted by atomic mass is 16.5. The predicted octanol–water partition coefficient (Wildman–Crippen LogP) is 1.72. The normalized spacial score (nSPS) is 18.9. The highest BCUT2D eigenvalue weighted by molar-refractivity contribution is 5.79. The molecule has 2 saturated heterocycles. The average Bonchev–Trinajstić information content (AvgIpc) is 2.81. The summed E-state index contributed by atoms with van der Waals surface area (Å²) in [5, 5.41) is 6.75. The van der Waals surface area contributed by atoms with Crippen molar-refractivity contribution in [2.45, 2.75) is 32.7 Å². The van der Waals surface area contributed by atoms with E-state index in [0.717, 1.165) is 96.7 Å². The number of nitrogens with one attached hydrogen (secondary N) is 2. The number of rotatable bonds is 10. The summed E-state index contributed by atoms with van der Waals surface area (Å²) >= 11 is 0. The average molecular weight is 433 g/mol. The summed E-state index contributed by atoms with van der Waals surface area (Å²) in [6.45, 7) is 12.0. The standard InChI is InChI=1S/C23H40N6O2/c1-3-24-23(26-8-4-14-31-19-20-6-15-30-16-7-20)27-18-21-5-9-25-22(17-21)29-12-10-28(2)11-13-29/h5,9,17,20H,3-4,6-8,10-16,18-19H2,1-2H3,(H2,24,26,27). The lowest BCUT2D eigenvalue weighted by atomic mass is 10.0. The van der Waals surface area contributed by atoms with Crippen molar-refractivity contribution in [3.8, 4) is 0 Å². The van der Waals surface area contributed by atoms with Crippen LogP contribution >= 0.6 is 0 Å². The van der Waals surface area contributed by atoms with Gasteiger partial charge in [0.25, 0.3) is 0 Å². The molecule has 8 heteroatoms. The molecule has 2 aliphatic rings. The van der Waals surface area contributed by atoms with E-state index in [2.05, 4.69) is 51.5 Å². The minimum atomic E-state index is 0.638. The van der Waals surface area contributed by atoms with Crippen LogP contribution in [0.25, 0.3) is 0 Å². The molecule has 0 radical (unpaired) electrons. The van der Waals surface area contributed by atoms with Crippen LogP contribution in [0.15, 0.2) is 23.3 Å². The van der Waals surface area contributed by atoms with Gasteiger partial charge < -0.3 is 29.9 Å². The van der Waals surface area contributed by atoms with Gasteiger partial charge in [0.1, 0.15) is 5.82 Å². The molecule has 0 bridgehead atoms. The summed E-state index contributed by atoms with van der Waals surface area (Å²) in [6, 6.07) is 4.22. The highest BCUT2D eigenvalue weighted by Gasteiger charge is 2.15. The Hall–Kier alpha value is -1.90. The second kappa shape index (κ2) is 13.5. The molecule has 2 fully saturated rings. The lowest BCUT2D eigenvalue weighted by molar-refractivity contribution is 0.0203. The van der Waals surface area contributed by atoms with Crippen LogP contribution in [0.4, 0.5) is 5.82 Å². The molecule has 0 amide bonds. The van der Waals surface area contributed by atoms with E-state index in [9.17, 15) is 0 Å². The van der Waals surface area contributed by atoms with E-state index in [-0.39, 0.29) is 0 Å². The van der Waals surface area contributed by atoms with Gasteiger partial charge in [0, 0.05) is 71.9 Å². The van der Waals surface area contributed by atoms with Crippen molar-refractivity contribution in [3.63, 3.8) is 0 Å². The van der Waals surface area contributed by atoms with Crippen LogP contribution in [0, 0.1) is 5.92 Å². The molecule has 3 rings (SSSR count). The zero-order valence-electron chi connectivity index (χ0n) is 19.3. The van der Waals surface area contributed by atoms with Gasteiger partial charge in [-0.25, -0.2) is 9.98 Å². The first-order valence-electron chi connectivity index (χ1n) is 11.8. The maximum Gasteiger partial charge on any atom is 0.191 e. The Bertz CT molecular complexity index is 657. The topological polar surface area (TPSA) is 74.3 Å². The number of nitrogens with zero attached hydrogens (tertiary/aromatic N) is 4. The maximum atomic E-state index is 5.85. The van der Waals surface area contributed by atoms with Crippen molar-refractivity contribution >= 4 is 11.8 Å². The smallest absolute Gasteiger partial charge is 0.191 e. The summed E-state index contributed by atoms with van der Waals surface area (Å²) < 4.78 is 11.2. The lowest BCUT2D eigenvalue weighted by Crippen LogP contribution is -2.44. The third-order valence-electron chi connectivity index (χ3n) is 5.85. The number of guanidine groups is 1. The summed E-state index contributed by atoms with van der Waals surface area (Å²) in [7, 11) is 2.17. The molecule has 8 nitrogen and oxygen atoms in total. The van der Waals surface area contributed by atoms with Crippen LogP contribution in [0.5, 0.6) is 0 Å². The molecule has 0 aromatic carbocycles. The summed E-state index contributed by atoms with van der Waals surface area (Å²) in [4.78, 5) is 14.0. The van der Waals surface area contributed by atoms with Crippen LogP contribution in [0.2, 0.25) is 0 Å². The first kappa shape index (κ1) is 23.8. The van der Waals surface area contributed by atoms with Crippen LogP contribution in [0.3, 0.4) is 0 Å². The number of piperazine rings is 1. The van der Waals surface area contributed by atoms with Gasteiger partial charge in [-0.1, -0.05) is 0 Å². The maximum absolute atomic E-state index is 5.85. The molecule has 0 unspecified atom stereocenters. The summed E-state index contributed by atoms with van der Waals surface area (Å²) in [5.41, 5.74) is 1.18. The van der Waals surface area contributed by atoms with Gasteiger partial charge in [-0.2, -0.15) is 0 Å². The molecule has 174 valence electrons. The molecule has 31 heavy (non-hydrogen) atoms. The van der Waals surface area contributed by atoms with Crippen molar-refractivity contribution in [1.29, 1.82) is 0 Å². The summed E-state index contributed by atoms with van der Waals surface area (Å²) in [6.07, 6.45) is 5.12. The Balaban J connectivity index is 1.39. The van der Waals surface area contributed by atoms with Crippen LogP contribution in [0.1, 0.15) is 31.7 Å². The van der Waals surface area contributed by atoms with Gasteiger partial charge in [0.2, 0.25) is 0 Å². The van der Waals surface area contributed by atoms with E-state index in [1.165, 1.54) is 5.56 Å². The molecule has 3 heterocycles. The Morgan fingerprint density at radius 1 is 1.23 bits per heavy atom. The zero-order chi connectivity index (χ0) is 21.7. The number of likely N-dealkylation sites (N-methyl/N-ethyl adjacent to an activating group) is 1. The Labute approximate surface area is 187 Å². The lowest BCUT2D eigenvalue weighted by Gasteiger charge is -2.33. The second-order valence-electron chi connectivity index (χ2n) is 8.42. The van der Waals surface area contributed by atoms with Gasteiger partial charge in [0.15, 0.2) is 5.96 Å². The van der Waals surface area contributed by atoms with E-state index in [0.29, 0.717) is 12.5 Å². The predicted molar refractivity (Wildman–Crippen MR) is 126 cm³/mol. The number of hydrogen-bond acceptors (Lipinski definition) is 6. The number of aliphatic imine (C=N–C) groups is 1. The van der Waals surface area contributed by atoms with Crippen LogP contribution < -0.4 is 15.5 Å². The molecule has 0 aliphatic carbocycles. The number of pyridine rings is 1. The molecule has 2 N–H and O–H groups in total. The summed E-state index contributed by atoms with van der Waals surface area (Å²) in [5.74, 6) is 2.57. The molecular weight excluding hydrogens is 392 g/mol. The van der Waals surface area contributed by atoms with E-state index < -0.39 is 0 Å². The highest BCUT2D eigenvalue weighted by Crippen LogP contribution is 2.16. The van der Waals surface area contributed by atoms with Gasteiger partial charge in [0.05, 0.1) is 6.54 Å². The van der Waals surface area contributed by atoms with Crippen molar-refractivity contribution in [1.82, 2.24) is 20.5 Å². The van der Waals surface area contributed by atoms with Gasteiger partial charge in [-0.3, -0.25) is 0 Å². The van der Waals surface area contributed by atoms with Gasteiger partial charge in [-0.05, 0) is 56.8 Å². The van der Waals surface area contributed by atoms with E-state index in [4.69, 9.17) is 14.5 Å². The number of hydrogen-bond donors (Lipinski definition) is 2. The quantitative estimate of drug-likeness (QED) is 0.331. The van der Waals surface area contributed by atoms with E-state index in [1.54, 1.807) is 0 Å². The minimum absolute atomic E-state index is 0.638. The van der Waals surface area contributed by atoms with Crippen molar-refractivity contribution < 1.29 is 9.47 Å². The molecular formula is C23H40N6O2. The largest absolute Gasteiger partial charge is 0.381 e. The Morgan fingerprint density at radius 3 is 2.81 bits per heavy atom. The second-order valence-corrected chi connectivity index (χ2v) is 8.42. The fourth-order valence-corrected chi connectivity index (χ4v) is 3.82. The number of anilines is 1. The molecule has 0 spiro atoms. The minimum Gasteiger partial charge on any atom is -0.381 e. The van der Waals surface area contributed by atoms with Crippen LogP contribution in [-0.4, -0.2) is 88.6 Å². The fraction of sp³-hybridized carbons (Fsp3) is 0.739. The van der Waals surface area contributed by atoms with E-state index >= 15 is 0 Å². The van der Waals surface area contributed by atoms with E-state index in [1.807, 2.05) is 6.20 Å². The van der Waals surface area contributed by atoms with Gasteiger partial charge in [-0.15, -0.1) is 0 Å². The first-order valence-corrected chi connectivity index (χ1v) is 11.8.